The Morgan fingerprint density at radius 1 is 1.07 bits per heavy atom. The van der Waals surface area contributed by atoms with Crippen LogP contribution in [0.5, 0.6) is 5.75 Å². The first kappa shape index (κ1) is 27.7. The second-order valence-corrected chi connectivity index (χ2v) is 13.5. The van der Waals surface area contributed by atoms with Gasteiger partial charge in [0.2, 0.25) is 11.8 Å². The molecule has 4 aliphatic rings. The number of fused-ring (bicyclic) bond motifs is 4. The first-order valence-electron chi connectivity index (χ1n) is 12.9. The van der Waals surface area contributed by atoms with Gasteiger partial charge in [0, 0.05) is 16.4 Å². The molecular weight excluding hydrogens is 639 g/mol. The number of amides is 4. The number of rotatable bonds is 6. The molecule has 1 saturated carbocycles. The summed E-state index contributed by atoms with van der Waals surface area (Å²) >= 11 is 19.2. The van der Waals surface area contributed by atoms with Crippen molar-refractivity contribution in [2.24, 2.45) is 17.8 Å². The number of nitrogens with zero attached hydrogens (tertiary/aromatic N) is 2. The minimum atomic E-state index is -1.96. The van der Waals surface area contributed by atoms with E-state index < -0.39 is 45.2 Å². The maximum Gasteiger partial charge on any atom is 0.254 e. The van der Waals surface area contributed by atoms with E-state index in [9.17, 15) is 24.3 Å². The van der Waals surface area contributed by atoms with Crippen molar-refractivity contribution in [3.63, 3.8) is 0 Å². The second-order valence-electron chi connectivity index (χ2n) is 10.7. The van der Waals surface area contributed by atoms with Crippen LogP contribution in [0, 0.1) is 17.8 Å². The van der Waals surface area contributed by atoms with Crippen LogP contribution >= 0.6 is 50.5 Å². The van der Waals surface area contributed by atoms with Gasteiger partial charge in [0.1, 0.15) is 5.75 Å². The van der Waals surface area contributed by atoms with E-state index in [1.165, 1.54) is 16.2 Å². The van der Waals surface area contributed by atoms with E-state index in [4.69, 9.17) is 23.2 Å². The summed E-state index contributed by atoms with van der Waals surface area (Å²) in [5, 5.41) is 13.3. The topological polar surface area (TPSA) is 95.0 Å². The minimum absolute atomic E-state index is 0.0687. The molecule has 2 saturated heterocycles. The lowest BCUT2D eigenvalue weighted by Crippen LogP contribution is -2.60. The van der Waals surface area contributed by atoms with E-state index in [1.54, 1.807) is 24.3 Å². The molecule has 1 aromatic heterocycles. The Labute approximate surface area is 253 Å². The number of phenols is 1. The lowest BCUT2D eigenvalue weighted by atomic mass is 9.56. The Kier molecular flexibility index (Phi) is 6.80. The first-order chi connectivity index (χ1) is 19.1. The van der Waals surface area contributed by atoms with Gasteiger partial charge < -0.3 is 5.11 Å². The van der Waals surface area contributed by atoms with Crippen molar-refractivity contribution in [3.8, 4) is 5.75 Å². The number of allylic oxidation sites excluding steroid dienone is 3. The third-order valence-electron chi connectivity index (χ3n) is 8.83. The van der Waals surface area contributed by atoms with Crippen molar-refractivity contribution in [2.75, 3.05) is 5.45 Å². The molecule has 1 N–H and O–H groups in total. The summed E-state index contributed by atoms with van der Waals surface area (Å²) in [5.74, 6) is -4.98. The highest BCUT2D eigenvalue weighted by Gasteiger charge is 2.76. The van der Waals surface area contributed by atoms with E-state index >= 15 is 0 Å². The molecule has 0 radical (unpaired) electrons. The number of hydrogen-bond acceptors (Lipinski definition) is 6. The maximum absolute atomic E-state index is 13.9. The van der Waals surface area contributed by atoms with Gasteiger partial charge in [-0.05, 0) is 42.2 Å². The highest BCUT2D eigenvalue weighted by molar-refractivity contribution is 9.09. The van der Waals surface area contributed by atoms with Gasteiger partial charge in [-0.25, -0.2) is 0 Å². The van der Waals surface area contributed by atoms with Crippen molar-refractivity contribution in [1.29, 1.82) is 0 Å². The molecular formula is C29H25BrCl2N2O5S. The fourth-order valence-corrected chi connectivity index (χ4v) is 9.15. The zero-order chi connectivity index (χ0) is 28.6. The van der Waals surface area contributed by atoms with Gasteiger partial charge in [0.05, 0.1) is 23.8 Å². The number of aromatic hydroxyl groups is 1. The SMILES string of the molecule is C=CCc1cccc(C2C3=CCC4C(=O)N(Cc5cccs5)C(=O)C4C3CC3(Cl)C(=O)N(CBr)C(=O)C23Cl)c1O. The van der Waals surface area contributed by atoms with Crippen LogP contribution in [0.4, 0.5) is 0 Å². The number of carbonyl (C=O) groups is 4. The van der Waals surface area contributed by atoms with Crippen LogP contribution in [0.15, 0.2) is 60.0 Å². The van der Waals surface area contributed by atoms with Crippen LogP contribution in [-0.2, 0) is 32.1 Å². The average Bonchev–Trinajstić information content (AvgIpc) is 3.57. The Balaban J connectivity index is 1.52. The van der Waals surface area contributed by atoms with Gasteiger partial charge in [0.15, 0.2) is 9.75 Å². The number of likely N-dealkylation sites (tertiary alicyclic amines) is 2. The third-order valence-corrected chi connectivity index (χ3v) is 11.6. The minimum Gasteiger partial charge on any atom is -0.507 e. The first-order valence-corrected chi connectivity index (χ1v) is 15.6. The molecule has 4 amide bonds. The fourth-order valence-electron chi connectivity index (χ4n) is 7.04. The number of imide groups is 2. The summed E-state index contributed by atoms with van der Waals surface area (Å²) in [5.41, 5.74) is 1.46. The molecule has 1 aromatic carbocycles. The molecule has 2 aliphatic carbocycles. The summed E-state index contributed by atoms with van der Waals surface area (Å²) < 4.78 is 0. The molecule has 3 heterocycles. The van der Waals surface area contributed by atoms with Gasteiger partial charge >= 0.3 is 0 Å². The highest BCUT2D eigenvalue weighted by Crippen LogP contribution is 2.66. The number of carbonyl (C=O) groups excluding carboxylic acids is 4. The monoisotopic (exact) mass is 662 g/mol. The third kappa shape index (κ3) is 3.60. The largest absolute Gasteiger partial charge is 0.507 e. The normalized spacial score (nSPS) is 33.1. The van der Waals surface area contributed by atoms with E-state index in [2.05, 4.69) is 22.5 Å². The average molecular weight is 664 g/mol. The Bertz CT molecular complexity index is 1500. The van der Waals surface area contributed by atoms with Gasteiger partial charge in [0.25, 0.3) is 11.8 Å². The van der Waals surface area contributed by atoms with E-state index in [1.807, 2.05) is 23.6 Å². The Morgan fingerprint density at radius 2 is 1.85 bits per heavy atom. The summed E-state index contributed by atoms with van der Waals surface area (Å²) in [4.78, 5) is 54.3. The number of halogens is 3. The molecule has 6 atom stereocenters. The van der Waals surface area contributed by atoms with E-state index in [0.29, 0.717) is 23.1 Å². The second kappa shape index (κ2) is 9.82. The van der Waals surface area contributed by atoms with Crippen LogP contribution in [0.3, 0.4) is 0 Å². The summed E-state index contributed by atoms with van der Waals surface area (Å²) in [6.07, 6.45) is 4.07. The van der Waals surface area contributed by atoms with Crippen molar-refractivity contribution >= 4 is 74.1 Å². The number of hydrogen-bond donors (Lipinski definition) is 1. The predicted octanol–water partition coefficient (Wildman–Crippen LogP) is 5.09. The van der Waals surface area contributed by atoms with Crippen LogP contribution in [-0.4, -0.2) is 53.7 Å². The predicted molar refractivity (Wildman–Crippen MR) is 155 cm³/mol. The molecule has 0 spiro atoms. The lowest BCUT2D eigenvalue weighted by molar-refractivity contribution is -0.141. The summed E-state index contributed by atoms with van der Waals surface area (Å²) in [7, 11) is 0. The smallest absolute Gasteiger partial charge is 0.254 e. The Hall–Kier alpha value is -2.46. The van der Waals surface area contributed by atoms with Crippen LogP contribution in [0.25, 0.3) is 0 Å². The standard InChI is InChI=1S/C29H25BrCl2N2O5S/c1-2-5-15-6-3-8-19(23(15)35)22-17-9-10-18-21(25(37)33(24(18)36)13-16-7-4-11-40-16)20(17)12-28(31)26(38)34(14-30)27(39)29(22,28)32/h2-4,6-9,11,18,20-22,35H,1,5,10,12-14H2. The number of alkyl halides is 3. The van der Waals surface area contributed by atoms with Crippen LogP contribution in [0.1, 0.15) is 34.8 Å². The number of para-hydroxylation sites is 1. The molecule has 7 nitrogen and oxygen atoms in total. The zero-order valence-corrected chi connectivity index (χ0v) is 25.1. The van der Waals surface area contributed by atoms with Crippen molar-refractivity contribution < 1.29 is 24.3 Å². The number of benzene rings is 1. The highest BCUT2D eigenvalue weighted by atomic mass is 79.9. The van der Waals surface area contributed by atoms with Crippen molar-refractivity contribution in [1.82, 2.24) is 9.80 Å². The Morgan fingerprint density at radius 3 is 2.52 bits per heavy atom. The van der Waals surface area contributed by atoms with Crippen LogP contribution < -0.4 is 0 Å². The molecule has 3 fully saturated rings. The summed E-state index contributed by atoms with van der Waals surface area (Å²) in [6.45, 7) is 3.94. The lowest BCUT2D eigenvalue weighted by Gasteiger charge is -2.50. The quantitative estimate of drug-likeness (QED) is 0.201. The fraction of sp³-hybridized carbons (Fsp3) is 0.379. The molecule has 11 heteroatoms. The van der Waals surface area contributed by atoms with Crippen molar-refractivity contribution in [3.05, 3.63) is 76.0 Å². The molecule has 6 rings (SSSR count). The molecule has 6 unspecified atom stereocenters. The molecule has 0 bridgehead atoms. The van der Waals surface area contributed by atoms with Gasteiger partial charge in [-0.1, -0.05) is 57.9 Å². The maximum atomic E-state index is 13.9. The van der Waals surface area contributed by atoms with Gasteiger partial charge in [-0.15, -0.1) is 41.1 Å². The molecule has 208 valence electrons. The molecule has 40 heavy (non-hydrogen) atoms. The van der Waals surface area contributed by atoms with Crippen molar-refractivity contribution in [2.45, 2.75) is 41.5 Å². The zero-order valence-electron chi connectivity index (χ0n) is 21.2. The molecule has 2 aromatic rings. The number of phenolic OH excluding ortho intramolecular Hbond substituents is 1. The summed E-state index contributed by atoms with van der Waals surface area (Å²) in [6, 6.07) is 8.90. The molecule has 2 aliphatic heterocycles. The van der Waals surface area contributed by atoms with Gasteiger partial charge in [-0.2, -0.15) is 0 Å². The van der Waals surface area contributed by atoms with E-state index in [-0.39, 0.29) is 42.4 Å². The van der Waals surface area contributed by atoms with Crippen LogP contribution in [0.2, 0.25) is 0 Å². The van der Waals surface area contributed by atoms with Gasteiger partial charge in [-0.3, -0.25) is 29.0 Å². The van der Waals surface area contributed by atoms with E-state index in [0.717, 1.165) is 9.78 Å². The number of thiophene rings is 1.